The van der Waals surface area contributed by atoms with Gasteiger partial charge in [0.15, 0.2) is 5.58 Å². The molecule has 9 nitrogen and oxygen atoms in total. The number of likely N-dealkylation sites (tertiary alicyclic amines) is 1. The Hall–Kier alpha value is -2.97. The average Bonchev–Trinajstić information content (AvgIpc) is 2.89. The summed E-state index contributed by atoms with van der Waals surface area (Å²) in [6, 6.07) is 4.68. The SMILES string of the molecule is CCOC(=O)N1CCC(NC(=O)Nc2ccc3c(c2)oc(=O)n3C)CC1. The topological polar surface area (TPSA) is 106 Å². The molecule has 0 bridgehead atoms. The molecule has 0 saturated carbocycles. The van der Waals surface area contributed by atoms with Gasteiger partial charge in [-0.3, -0.25) is 4.57 Å². The molecular formula is C17H22N4O5. The molecule has 3 rings (SSSR count). The van der Waals surface area contributed by atoms with Crippen molar-refractivity contribution in [2.24, 2.45) is 7.05 Å². The van der Waals surface area contributed by atoms with Crippen molar-refractivity contribution < 1.29 is 18.7 Å². The zero-order chi connectivity index (χ0) is 18.7. The van der Waals surface area contributed by atoms with Crippen LogP contribution in [0.15, 0.2) is 27.4 Å². The monoisotopic (exact) mass is 362 g/mol. The number of nitrogens with zero attached hydrogens (tertiary/aromatic N) is 2. The van der Waals surface area contributed by atoms with Crippen molar-refractivity contribution in [1.29, 1.82) is 0 Å². The molecule has 140 valence electrons. The summed E-state index contributed by atoms with van der Waals surface area (Å²) in [6.07, 6.45) is 1.02. The lowest BCUT2D eigenvalue weighted by Gasteiger charge is -2.31. The molecule has 0 atom stereocenters. The number of urea groups is 1. The highest BCUT2D eigenvalue weighted by atomic mass is 16.6. The van der Waals surface area contributed by atoms with Crippen LogP contribution in [0.1, 0.15) is 19.8 Å². The van der Waals surface area contributed by atoms with Gasteiger partial charge in [0.05, 0.1) is 12.1 Å². The molecule has 1 aliphatic rings. The van der Waals surface area contributed by atoms with Crippen LogP contribution in [0.5, 0.6) is 0 Å². The van der Waals surface area contributed by atoms with Crippen molar-refractivity contribution in [3.05, 3.63) is 28.7 Å². The van der Waals surface area contributed by atoms with Gasteiger partial charge in [-0.1, -0.05) is 0 Å². The molecule has 1 aliphatic heterocycles. The minimum Gasteiger partial charge on any atom is -0.450 e. The largest absolute Gasteiger partial charge is 0.450 e. The number of aromatic nitrogens is 1. The van der Waals surface area contributed by atoms with E-state index in [9.17, 15) is 14.4 Å². The summed E-state index contributed by atoms with van der Waals surface area (Å²) in [6.45, 7) is 3.22. The van der Waals surface area contributed by atoms with Crippen molar-refractivity contribution in [3.8, 4) is 0 Å². The smallest absolute Gasteiger partial charge is 0.419 e. The molecule has 2 N–H and O–H groups in total. The number of fused-ring (bicyclic) bond motifs is 1. The van der Waals surface area contributed by atoms with Crippen molar-refractivity contribution >= 4 is 28.9 Å². The van der Waals surface area contributed by atoms with Gasteiger partial charge in [0.1, 0.15) is 0 Å². The molecule has 1 aromatic heterocycles. The van der Waals surface area contributed by atoms with Crippen molar-refractivity contribution in [1.82, 2.24) is 14.8 Å². The Morgan fingerprint density at radius 1 is 1.31 bits per heavy atom. The Balaban J connectivity index is 1.53. The number of carbonyl (C=O) groups excluding carboxylic acids is 2. The number of anilines is 1. The zero-order valence-electron chi connectivity index (χ0n) is 14.8. The van der Waals surface area contributed by atoms with Crippen LogP contribution < -0.4 is 16.4 Å². The maximum Gasteiger partial charge on any atom is 0.419 e. The van der Waals surface area contributed by atoms with Crippen LogP contribution in [0.25, 0.3) is 11.1 Å². The lowest BCUT2D eigenvalue weighted by Crippen LogP contribution is -2.47. The number of oxazole rings is 1. The van der Waals surface area contributed by atoms with E-state index in [4.69, 9.17) is 9.15 Å². The van der Waals surface area contributed by atoms with Crippen LogP contribution >= 0.6 is 0 Å². The number of hydrogen-bond acceptors (Lipinski definition) is 5. The number of nitrogens with one attached hydrogen (secondary N) is 2. The first-order chi connectivity index (χ1) is 12.5. The highest BCUT2D eigenvalue weighted by molar-refractivity contribution is 5.91. The highest BCUT2D eigenvalue weighted by Crippen LogP contribution is 2.18. The number of amides is 3. The number of ether oxygens (including phenoxy) is 1. The summed E-state index contributed by atoms with van der Waals surface area (Å²) in [5.41, 5.74) is 1.61. The molecule has 2 aromatic rings. The number of benzene rings is 1. The van der Waals surface area contributed by atoms with Crippen LogP contribution in [0, 0.1) is 0 Å². The Kier molecular flexibility index (Phi) is 5.15. The fraction of sp³-hybridized carbons (Fsp3) is 0.471. The molecule has 0 spiro atoms. The van der Waals surface area contributed by atoms with Gasteiger partial charge in [0.2, 0.25) is 0 Å². The Morgan fingerprint density at radius 3 is 2.73 bits per heavy atom. The molecule has 2 heterocycles. The lowest BCUT2D eigenvalue weighted by atomic mass is 10.1. The predicted molar refractivity (Wildman–Crippen MR) is 95.2 cm³/mol. The van der Waals surface area contributed by atoms with Crippen LogP contribution in [0.2, 0.25) is 0 Å². The fourth-order valence-electron chi connectivity index (χ4n) is 2.99. The molecule has 26 heavy (non-hydrogen) atoms. The van der Waals surface area contributed by atoms with Crippen molar-refractivity contribution in [3.63, 3.8) is 0 Å². The van der Waals surface area contributed by atoms with E-state index in [0.29, 0.717) is 49.3 Å². The van der Waals surface area contributed by atoms with E-state index < -0.39 is 5.76 Å². The van der Waals surface area contributed by atoms with Gasteiger partial charge in [-0.15, -0.1) is 0 Å². The van der Waals surface area contributed by atoms with E-state index in [-0.39, 0.29) is 18.2 Å². The van der Waals surface area contributed by atoms with Crippen molar-refractivity contribution in [2.75, 3.05) is 25.0 Å². The second-order valence-electron chi connectivity index (χ2n) is 6.17. The molecule has 0 aliphatic carbocycles. The third-order valence-electron chi connectivity index (χ3n) is 4.41. The van der Waals surface area contributed by atoms with Crippen LogP contribution in [-0.2, 0) is 11.8 Å². The molecule has 1 saturated heterocycles. The van der Waals surface area contributed by atoms with E-state index >= 15 is 0 Å². The zero-order valence-corrected chi connectivity index (χ0v) is 14.8. The number of piperidine rings is 1. The summed E-state index contributed by atoms with van der Waals surface area (Å²) >= 11 is 0. The second-order valence-corrected chi connectivity index (χ2v) is 6.17. The van der Waals surface area contributed by atoms with Crippen LogP contribution in [0.3, 0.4) is 0 Å². The number of carbonyl (C=O) groups is 2. The lowest BCUT2D eigenvalue weighted by molar-refractivity contribution is 0.0959. The van der Waals surface area contributed by atoms with Gasteiger partial charge in [-0.2, -0.15) is 0 Å². The van der Waals surface area contributed by atoms with Gasteiger partial charge in [-0.25, -0.2) is 14.4 Å². The van der Waals surface area contributed by atoms with Gasteiger partial charge in [0.25, 0.3) is 0 Å². The maximum atomic E-state index is 12.2. The minimum absolute atomic E-state index is 0.0148. The number of rotatable bonds is 3. The number of hydrogen-bond donors (Lipinski definition) is 2. The Morgan fingerprint density at radius 2 is 2.04 bits per heavy atom. The molecule has 9 heteroatoms. The highest BCUT2D eigenvalue weighted by Gasteiger charge is 2.24. The molecular weight excluding hydrogens is 340 g/mol. The number of aryl methyl sites for hydroxylation is 1. The maximum absolute atomic E-state index is 12.2. The molecule has 1 fully saturated rings. The third kappa shape index (κ3) is 3.81. The predicted octanol–water partition coefficient (Wildman–Crippen LogP) is 1.87. The van der Waals surface area contributed by atoms with Crippen LogP contribution in [0.4, 0.5) is 15.3 Å². The summed E-state index contributed by atoms with van der Waals surface area (Å²) in [4.78, 5) is 37.0. The van der Waals surface area contributed by atoms with Gasteiger partial charge >= 0.3 is 17.9 Å². The Bertz CT molecular complexity index is 864. The van der Waals surface area contributed by atoms with E-state index in [1.54, 1.807) is 37.1 Å². The Labute approximate surface area is 149 Å². The van der Waals surface area contributed by atoms with Gasteiger partial charge in [0, 0.05) is 37.9 Å². The summed E-state index contributed by atoms with van der Waals surface area (Å²) < 4.78 is 11.5. The van der Waals surface area contributed by atoms with E-state index in [2.05, 4.69) is 10.6 Å². The average molecular weight is 362 g/mol. The van der Waals surface area contributed by atoms with Gasteiger partial charge < -0.3 is 24.7 Å². The standard InChI is InChI=1S/C17H22N4O5/c1-3-25-17(24)21-8-6-11(7-9-21)18-15(22)19-12-4-5-13-14(10-12)26-16(23)20(13)2/h4-5,10-11H,3,6-9H2,1-2H3,(H2,18,19,22). The van der Waals surface area contributed by atoms with E-state index in [1.807, 2.05) is 0 Å². The van der Waals surface area contributed by atoms with E-state index in [0.717, 1.165) is 0 Å². The normalized spacial score (nSPS) is 15.1. The minimum atomic E-state index is -0.449. The third-order valence-corrected chi connectivity index (χ3v) is 4.41. The van der Waals surface area contributed by atoms with Crippen molar-refractivity contribution in [2.45, 2.75) is 25.8 Å². The molecule has 0 unspecified atom stereocenters. The quantitative estimate of drug-likeness (QED) is 0.867. The molecule has 0 radical (unpaired) electrons. The first-order valence-corrected chi connectivity index (χ1v) is 8.56. The summed E-state index contributed by atoms with van der Waals surface area (Å²) in [5.74, 6) is -0.449. The second kappa shape index (κ2) is 7.51. The fourth-order valence-corrected chi connectivity index (χ4v) is 2.99. The van der Waals surface area contributed by atoms with E-state index in [1.165, 1.54) is 4.57 Å². The van der Waals surface area contributed by atoms with Gasteiger partial charge in [-0.05, 0) is 31.9 Å². The first kappa shape index (κ1) is 17.8. The molecule has 1 aromatic carbocycles. The molecule has 3 amide bonds. The first-order valence-electron chi connectivity index (χ1n) is 8.56. The summed E-state index contributed by atoms with van der Waals surface area (Å²) in [7, 11) is 1.62. The summed E-state index contributed by atoms with van der Waals surface area (Å²) in [5, 5.41) is 5.63. The van der Waals surface area contributed by atoms with Crippen LogP contribution in [-0.4, -0.2) is 47.3 Å².